The third kappa shape index (κ3) is 4.02. The van der Waals surface area contributed by atoms with Gasteiger partial charge in [0.25, 0.3) is 0 Å². The monoisotopic (exact) mass is 342 g/mol. The largest absolute Gasteiger partial charge is 0.376 e. The highest BCUT2D eigenvalue weighted by molar-refractivity contribution is 5.78. The number of fused-ring (bicyclic) bond motifs is 1. The summed E-state index contributed by atoms with van der Waals surface area (Å²) >= 11 is 0. The molecule has 4 rings (SSSR count). The molecule has 6 nitrogen and oxygen atoms in total. The van der Waals surface area contributed by atoms with Crippen LogP contribution in [-0.2, 0) is 9.53 Å². The summed E-state index contributed by atoms with van der Waals surface area (Å²) in [6.07, 6.45) is 4.58. The van der Waals surface area contributed by atoms with E-state index in [0.717, 1.165) is 62.2 Å². The Balaban J connectivity index is 1.31. The van der Waals surface area contributed by atoms with Gasteiger partial charge in [-0.25, -0.2) is 4.98 Å². The Kier molecular flexibility index (Phi) is 4.99. The van der Waals surface area contributed by atoms with Gasteiger partial charge >= 0.3 is 0 Å². The number of hydrogen-bond acceptors (Lipinski definition) is 4. The number of piperidine rings is 1. The van der Waals surface area contributed by atoms with Crippen LogP contribution in [0.5, 0.6) is 0 Å². The molecule has 0 radical (unpaired) electrons. The van der Waals surface area contributed by atoms with Gasteiger partial charge in [-0.15, -0.1) is 0 Å². The van der Waals surface area contributed by atoms with E-state index < -0.39 is 0 Å². The molecule has 134 valence electrons. The third-order valence-corrected chi connectivity index (χ3v) is 5.22. The molecule has 2 aliphatic rings. The zero-order chi connectivity index (χ0) is 17.1. The fourth-order valence-corrected chi connectivity index (χ4v) is 3.88. The molecule has 0 saturated carbocycles. The number of H-pyrrole nitrogens is 1. The minimum atomic E-state index is 0.0979. The van der Waals surface area contributed by atoms with Crippen molar-refractivity contribution in [1.29, 1.82) is 0 Å². The van der Waals surface area contributed by atoms with E-state index in [1.165, 1.54) is 0 Å². The number of likely N-dealkylation sites (tertiary alicyclic amines) is 1. The van der Waals surface area contributed by atoms with E-state index in [2.05, 4.69) is 21.3 Å². The topological polar surface area (TPSA) is 70.2 Å². The molecule has 2 saturated heterocycles. The van der Waals surface area contributed by atoms with Gasteiger partial charge in [-0.05, 0) is 44.4 Å². The maximum Gasteiger partial charge on any atom is 0.234 e. The summed E-state index contributed by atoms with van der Waals surface area (Å²) in [7, 11) is 0. The first-order valence-corrected chi connectivity index (χ1v) is 9.33. The van der Waals surface area contributed by atoms with E-state index in [1.54, 1.807) is 0 Å². The van der Waals surface area contributed by atoms with Gasteiger partial charge in [0.15, 0.2) is 0 Å². The number of aromatic nitrogens is 2. The van der Waals surface area contributed by atoms with E-state index in [9.17, 15) is 4.79 Å². The average Bonchev–Trinajstić information content (AvgIpc) is 3.29. The molecule has 3 heterocycles. The summed E-state index contributed by atoms with van der Waals surface area (Å²) in [5.74, 6) is 1.51. The first-order valence-electron chi connectivity index (χ1n) is 9.33. The SMILES string of the molecule is O=C(CN1CCCC(c2nc3ccccc3[nH]2)C1)NCC1CCCO1. The maximum absolute atomic E-state index is 12.2. The standard InChI is InChI=1S/C19H26N4O2/c24-18(20-11-15-6-4-10-25-15)13-23-9-3-5-14(12-23)19-21-16-7-1-2-8-17(16)22-19/h1-2,7-8,14-15H,3-6,9-13H2,(H,20,24)(H,21,22). The predicted octanol–water partition coefficient (Wildman–Crippen LogP) is 2.04. The van der Waals surface area contributed by atoms with Crippen LogP contribution in [0.2, 0.25) is 0 Å². The van der Waals surface area contributed by atoms with E-state index in [1.807, 2.05) is 18.2 Å². The molecule has 6 heteroatoms. The van der Waals surface area contributed by atoms with Gasteiger partial charge in [0.2, 0.25) is 5.91 Å². The first kappa shape index (κ1) is 16.5. The second-order valence-corrected chi connectivity index (χ2v) is 7.15. The van der Waals surface area contributed by atoms with Crippen LogP contribution < -0.4 is 5.32 Å². The van der Waals surface area contributed by atoms with Crippen molar-refractivity contribution in [2.24, 2.45) is 0 Å². The van der Waals surface area contributed by atoms with Gasteiger partial charge in [0.05, 0.1) is 23.7 Å². The smallest absolute Gasteiger partial charge is 0.234 e. The molecule has 0 spiro atoms. The number of benzene rings is 1. The summed E-state index contributed by atoms with van der Waals surface area (Å²) in [5, 5.41) is 3.02. The molecule has 2 aromatic rings. The molecule has 25 heavy (non-hydrogen) atoms. The van der Waals surface area contributed by atoms with Gasteiger partial charge in [-0.2, -0.15) is 0 Å². The maximum atomic E-state index is 12.2. The minimum Gasteiger partial charge on any atom is -0.376 e. The summed E-state index contributed by atoms with van der Waals surface area (Å²) in [5.41, 5.74) is 2.10. The molecular weight excluding hydrogens is 316 g/mol. The highest BCUT2D eigenvalue weighted by Crippen LogP contribution is 2.26. The Morgan fingerprint density at radius 3 is 3.08 bits per heavy atom. The van der Waals surface area contributed by atoms with Crippen molar-refractivity contribution in [1.82, 2.24) is 20.2 Å². The van der Waals surface area contributed by atoms with Crippen molar-refractivity contribution in [3.8, 4) is 0 Å². The lowest BCUT2D eigenvalue weighted by Gasteiger charge is -2.31. The van der Waals surface area contributed by atoms with Crippen molar-refractivity contribution >= 4 is 16.9 Å². The highest BCUT2D eigenvalue weighted by atomic mass is 16.5. The van der Waals surface area contributed by atoms with Crippen LogP contribution in [0.15, 0.2) is 24.3 Å². The lowest BCUT2D eigenvalue weighted by Crippen LogP contribution is -2.43. The number of carbonyl (C=O) groups excluding carboxylic acids is 1. The molecule has 1 aromatic carbocycles. The number of amides is 1. The summed E-state index contributed by atoms with van der Waals surface area (Å²) < 4.78 is 5.56. The van der Waals surface area contributed by atoms with Crippen LogP contribution in [0.3, 0.4) is 0 Å². The molecule has 2 unspecified atom stereocenters. The minimum absolute atomic E-state index is 0.0979. The normalized spacial score (nSPS) is 24.6. The fourth-order valence-electron chi connectivity index (χ4n) is 3.88. The van der Waals surface area contributed by atoms with Crippen molar-refractivity contribution in [3.63, 3.8) is 0 Å². The number of carbonyl (C=O) groups is 1. The van der Waals surface area contributed by atoms with Crippen molar-refractivity contribution < 1.29 is 9.53 Å². The number of nitrogens with zero attached hydrogens (tertiary/aromatic N) is 2. The average molecular weight is 342 g/mol. The number of nitrogens with one attached hydrogen (secondary N) is 2. The highest BCUT2D eigenvalue weighted by Gasteiger charge is 2.25. The van der Waals surface area contributed by atoms with Crippen LogP contribution in [0.25, 0.3) is 11.0 Å². The lowest BCUT2D eigenvalue weighted by molar-refractivity contribution is -0.123. The Morgan fingerprint density at radius 2 is 2.24 bits per heavy atom. The van der Waals surface area contributed by atoms with E-state index in [0.29, 0.717) is 19.0 Å². The zero-order valence-electron chi connectivity index (χ0n) is 14.5. The predicted molar refractivity (Wildman–Crippen MR) is 96.5 cm³/mol. The molecule has 2 N–H and O–H groups in total. The van der Waals surface area contributed by atoms with Gasteiger partial charge in [0, 0.05) is 25.6 Å². The first-order chi connectivity index (χ1) is 12.3. The van der Waals surface area contributed by atoms with Gasteiger partial charge in [-0.3, -0.25) is 9.69 Å². The molecule has 0 bridgehead atoms. The summed E-state index contributed by atoms with van der Waals surface area (Å²) in [6, 6.07) is 8.13. The third-order valence-electron chi connectivity index (χ3n) is 5.22. The van der Waals surface area contributed by atoms with E-state index >= 15 is 0 Å². The molecule has 2 aliphatic heterocycles. The molecule has 1 aromatic heterocycles. The van der Waals surface area contributed by atoms with Crippen molar-refractivity contribution in [3.05, 3.63) is 30.1 Å². The molecule has 0 aliphatic carbocycles. The van der Waals surface area contributed by atoms with Crippen molar-refractivity contribution in [2.75, 3.05) is 32.8 Å². The number of ether oxygens (including phenoxy) is 1. The van der Waals surface area contributed by atoms with Crippen LogP contribution in [0.4, 0.5) is 0 Å². The van der Waals surface area contributed by atoms with E-state index in [4.69, 9.17) is 9.72 Å². The fraction of sp³-hybridized carbons (Fsp3) is 0.579. The number of imidazole rings is 1. The number of para-hydroxylation sites is 2. The Hall–Kier alpha value is -1.92. The van der Waals surface area contributed by atoms with Crippen LogP contribution in [-0.4, -0.2) is 59.7 Å². The van der Waals surface area contributed by atoms with E-state index in [-0.39, 0.29) is 12.0 Å². The Labute approximate surface area is 147 Å². The Morgan fingerprint density at radius 1 is 1.32 bits per heavy atom. The second-order valence-electron chi connectivity index (χ2n) is 7.15. The molecule has 1 amide bonds. The summed E-state index contributed by atoms with van der Waals surface area (Å²) in [4.78, 5) is 22.6. The second kappa shape index (κ2) is 7.54. The molecule has 2 fully saturated rings. The van der Waals surface area contributed by atoms with Gasteiger partial charge in [-0.1, -0.05) is 12.1 Å². The number of rotatable bonds is 5. The number of hydrogen-bond donors (Lipinski definition) is 2. The number of aromatic amines is 1. The van der Waals surface area contributed by atoms with Gasteiger partial charge < -0.3 is 15.0 Å². The van der Waals surface area contributed by atoms with Gasteiger partial charge in [0.1, 0.15) is 5.82 Å². The van der Waals surface area contributed by atoms with Crippen LogP contribution >= 0.6 is 0 Å². The quantitative estimate of drug-likeness (QED) is 0.872. The van der Waals surface area contributed by atoms with Crippen LogP contribution in [0, 0.1) is 0 Å². The van der Waals surface area contributed by atoms with Crippen molar-refractivity contribution in [2.45, 2.75) is 37.7 Å². The molecule has 2 atom stereocenters. The summed E-state index contributed by atoms with van der Waals surface area (Å²) in [6.45, 7) is 3.78. The lowest BCUT2D eigenvalue weighted by atomic mass is 9.97. The zero-order valence-corrected chi connectivity index (χ0v) is 14.5. The molecular formula is C19H26N4O2. The van der Waals surface area contributed by atoms with Crippen LogP contribution in [0.1, 0.15) is 37.4 Å². The Bertz CT molecular complexity index is 690.